The van der Waals surface area contributed by atoms with Gasteiger partial charge in [0, 0.05) is 0 Å². The number of rotatable bonds is 9. The molecular formula is C20H34B2N4. The fourth-order valence-electron chi connectivity index (χ4n) is 2.89. The highest BCUT2D eigenvalue weighted by atomic mass is 15.1. The minimum atomic E-state index is 0.278. The Morgan fingerprint density at radius 1 is 0.654 bits per heavy atom. The molecule has 2 rings (SSSR count). The van der Waals surface area contributed by atoms with Gasteiger partial charge in [0.1, 0.15) is 0 Å². The molecule has 6 heteroatoms. The Balaban J connectivity index is 0.000000294. The van der Waals surface area contributed by atoms with Crippen LogP contribution in [0.2, 0.25) is 0 Å². The Labute approximate surface area is 161 Å². The van der Waals surface area contributed by atoms with Gasteiger partial charge in [-0.1, -0.05) is 92.4 Å². The van der Waals surface area contributed by atoms with Crippen LogP contribution in [0.15, 0.2) is 60.7 Å². The van der Waals surface area contributed by atoms with E-state index in [0.29, 0.717) is 6.85 Å². The van der Waals surface area contributed by atoms with E-state index in [1.54, 1.807) is 0 Å². The van der Waals surface area contributed by atoms with Crippen molar-refractivity contribution in [3.63, 3.8) is 0 Å². The molecule has 0 unspecified atom stereocenters. The monoisotopic (exact) mass is 352 g/mol. The van der Waals surface area contributed by atoms with Crippen molar-refractivity contribution in [3.05, 3.63) is 60.7 Å². The molecule has 4 nitrogen and oxygen atoms in total. The highest BCUT2D eigenvalue weighted by molar-refractivity contribution is 6.82. The Morgan fingerprint density at radius 2 is 1.00 bits per heavy atom. The first kappa shape index (κ1) is 22.5. The summed E-state index contributed by atoms with van der Waals surface area (Å²) in [4.78, 5) is 2.24. The second-order valence-electron chi connectivity index (χ2n) is 6.29. The van der Waals surface area contributed by atoms with Crippen LogP contribution in [-0.4, -0.2) is 52.5 Å². The molecule has 3 N–H and O–H groups in total. The van der Waals surface area contributed by atoms with Crippen LogP contribution < -0.4 is 26.6 Å². The molecule has 0 heterocycles. The molecule has 140 valence electrons. The maximum Gasteiger partial charge on any atom is 0.395 e. The summed E-state index contributed by atoms with van der Waals surface area (Å²) >= 11 is 0. The first-order chi connectivity index (χ1) is 12.6. The van der Waals surface area contributed by atoms with E-state index < -0.39 is 0 Å². The van der Waals surface area contributed by atoms with Crippen LogP contribution in [0.4, 0.5) is 0 Å². The second-order valence-corrected chi connectivity index (χ2v) is 6.29. The topological polar surface area (TPSA) is 39.3 Å². The third-order valence-corrected chi connectivity index (χ3v) is 3.97. The summed E-state index contributed by atoms with van der Waals surface area (Å²) in [7, 11) is 4.51. The summed E-state index contributed by atoms with van der Waals surface area (Å²) in [5.41, 5.74) is 2.66. The van der Waals surface area contributed by atoms with Crippen molar-refractivity contribution in [2.24, 2.45) is 0 Å². The molecule has 2 aromatic rings. The molecule has 0 bridgehead atoms. The standard InChI is InChI=1S/C14H16BN.C6H18BN3/c1-16(2)15(13-9-5-3-6-10-13)14-11-7-4-8-12-14;1-4-8-7(9-5-2)10-6-3/h3-12H,1-2H3;8-10H,4-6H2,1-3H3. The highest BCUT2D eigenvalue weighted by Crippen LogP contribution is 1.94. The summed E-state index contributed by atoms with van der Waals surface area (Å²) in [6.45, 7) is 9.60. The molecule has 0 radical (unpaired) electrons. The molecule has 0 aliphatic rings. The quantitative estimate of drug-likeness (QED) is 0.593. The summed E-state index contributed by atoms with van der Waals surface area (Å²) in [6.07, 6.45) is 0. The van der Waals surface area contributed by atoms with Gasteiger partial charge in [-0.2, -0.15) is 0 Å². The molecule has 0 aliphatic heterocycles. The zero-order valence-electron chi connectivity index (χ0n) is 17.0. The van der Waals surface area contributed by atoms with Crippen LogP contribution >= 0.6 is 0 Å². The summed E-state index contributed by atoms with van der Waals surface area (Å²) < 4.78 is 0. The van der Waals surface area contributed by atoms with Crippen molar-refractivity contribution < 1.29 is 0 Å². The predicted molar refractivity (Wildman–Crippen MR) is 118 cm³/mol. The van der Waals surface area contributed by atoms with Gasteiger partial charge in [-0.3, -0.25) is 0 Å². The Morgan fingerprint density at radius 3 is 1.27 bits per heavy atom. The molecule has 0 saturated heterocycles. The van der Waals surface area contributed by atoms with Gasteiger partial charge in [-0.25, -0.2) is 0 Å². The molecule has 0 spiro atoms. The van der Waals surface area contributed by atoms with E-state index in [1.165, 1.54) is 10.9 Å². The van der Waals surface area contributed by atoms with Crippen molar-refractivity contribution in [3.8, 4) is 0 Å². The van der Waals surface area contributed by atoms with Crippen LogP contribution in [0.3, 0.4) is 0 Å². The van der Waals surface area contributed by atoms with Crippen molar-refractivity contribution in [2.75, 3.05) is 33.7 Å². The van der Waals surface area contributed by atoms with E-state index in [0.717, 1.165) is 19.6 Å². The molecule has 26 heavy (non-hydrogen) atoms. The molecule has 0 aromatic heterocycles. The van der Waals surface area contributed by atoms with Crippen molar-refractivity contribution in [2.45, 2.75) is 20.8 Å². The first-order valence-corrected chi connectivity index (χ1v) is 9.60. The number of hydrogen-bond donors (Lipinski definition) is 3. The van der Waals surface area contributed by atoms with Crippen LogP contribution in [0.5, 0.6) is 0 Å². The normalized spacial score (nSPS) is 10.2. The minimum absolute atomic E-state index is 0.278. The minimum Gasteiger partial charge on any atom is -0.340 e. The lowest BCUT2D eigenvalue weighted by Crippen LogP contribution is -2.57. The molecular weight excluding hydrogens is 318 g/mol. The molecule has 0 saturated carbocycles. The Bertz CT molecular complexity index is 513. The van der Waals surface area contributed by atoms with Gasteiger partial charge in [0.15, 0.2) is 0 Å². The largest absolute Gasteiger partial charge is 0.395 e. The lowest BCUT2D eigenvalue weighted by Gasteiger charge is -2.21. The smallest absolute Gasteiger partial charge is 0.340 e. The highest BCUT2D eigenvalue weighted by Gasteiger charge is 2.21. The van der Waals surface area contributed by atoms with Crippen molar-refractivity contribution in [1.82, 2.24) is 20.5 Å². The van der Waals surface area contributed by atoms with Gasteiger partial charge >= 0.3 is 7.12 Å². The number of hydrogen-bond acceptors (Lipinski definition) is 4. The van der Waals surface area contributed by atoms with Gasteiger partial charge in [0.05, 0.1) is 0 Å². The van der Waals surface area contributed by atoms with Gasteiger partial charge < -0.3 is 20.5 Å². The van der Waals surface area contributed by atoms with Gasteiger partial charge in [0.25, 0.3) is 6.85 Å². The third kappa shape index (κ3) is 8.19. The van der Waals surface area contributed by atoms with Gasteiger partial charge in [0.2, 0.25) is 0 Å². The SMILES string of the molecule is CCNB(NCC)NCC.CN(C)B(c1ccccc1)c1ccccc1. The fraction of sp³-hybridized carbons (Fsp3) is 0.400. The van der Waals surface area contributed by atoms with E-state index in [2.05, 4.69) is 116 Å². The summed E-state index contributed by atoms with van der Waals surface area (Å²) in [5.74, 6) is 0. The molecule has 0 aliphatic carbocycles. The van der Waals surface area contributed by atoms with Crippen LogP contribution in [-0.2, 0) is 0 Å². The lowest BCUT2D eigenvalue weighted by molar-refractivity contribution is 0.658. The lowest BCUT2D eigenvalue weighted by atomic mass is 9.49. The molecule has 2 aromatic carbocycles. The van der Waals surface area contributed by atoms with E-state index in [1.807, 2.05) is 0 Å². The van der Waals surface area contributed by atoms with Crippen LogP contribution in [0, 0.1) is 0 Å². The van der Waals surface area contributed by atoms with Gasteiger partial charge in [-0.05, 0) is 33.7 Å². The average Bonchev–Trinajstić information content (AvgIpc) is 2.65. The average molecular weight is 352 g/mol. The summed E-state index contributed by atoms with van der Waals surface area (Å²) in [5, 5.41) is 9.79. The van der Waals surface area contributed by atoms with E-state index >= 15 is 0 Å². The maximum atomic E-state index is 3.26. The van der Waals surface area contributed by atoms with Crippen molar-refractivity contribution in [1.29, 1.82) is 0 Å². The number of nitrogens with zero attached hydrogens (tertiary/aromatic N) is 1. The summed E-state index contributed by atoms with van der Waals surface area (Å²) in [6, 6.07) is 21.2. The van der Waals surface area contributed by atoms with Crippen LogP contribution in [0.1, 0.15) is 20.8 Å². The zero-order valence-corrected chi connectivity index (χ0v) is 17.0. The molecule has 0 amide bonds. The van der Waals surface area contributed by atoms with E-state index in [4.69, 9.17) is 0 Å². The fourth-order valence-corrected chi connectivity index (χ4v) is 2.89. The maximum absolute atomic E-state index is 3.26. The Kier molecular flexibility index (Phi) is 11.7. The molecule has 0 atom stereocenters. The van der Waals surface area contributed by atoms with Crippen molar-refractivity contribution >= 4 is 24.9 Å². The Hall–Kier alpha value is -1.59. The van der Waals surface area contributed by atoms with E-state index in [-0.39, 0.29) is 7.12 Å². The predicted octanol–water partition coefficient (Wildman–Crippen LogP) is 1.15. The number of benzene rings is 2. The first-order valence-electron chi connectivity index (χ1n) is 9.60. The third-order valence-electron chi connectivity index (χ3n) is 3.97. The zero-order chi connectivity index (χ0) is 19.2. The second kappa shape index (κ2) is 13.6. The van der Waals surface area contributed by atoms with Gasteiger partial charge in [-0.15, -0.1) is 0 Å². The van der Waals surface area contributed by atoms with E-state index in [9.17, 15) is 0 Å². The van der Waals surface area contributed by atoms with Crippen LogP contribution in [0.25, 0.3) is 0 Å². The number of nitrogens with one attached hydrogen (secondary N) is 3. The molecule has 0 fully saturated rings.